The number of carbonyl (C=O) groups excluding carboxylic acids is 3. The first-order valence-corrected chi connectivity index (χ1v) is 15.9. The van der Waals surface area contributed by atoms with Gasteiger partial charge in [-0.2, -0.15) is 0 Å². The summed E-state index contributed by atoms with van der Waals surface area (Å²) in [5.41, 5.74) is 4.17. The van der Waals surface area contributed by atoms with E-state index in [1.54, 1.807) is 91.0 Å². The van der Waals surface area contributed by atoms with Crippen molar-refractivity contribution in [3.63, 3.8) is 0 Å². The van der Waals surface area contributed by atoms with Crippen LogP contribution in [0.1, 0.15) is 70.6 Å². The van der Waals surface area contributed by atoms with Crippen LogP contribution >= 0.6 is 0 Å². The summed E-state index contributed by atoms with van der Waals surface area (Å²) in [5, 5.41) is 0. The predicted octanol–water partition coefficient (Wildman–Crippen LogP) is 7.25. The monoisotopic (exact) mass is 558 g/mol. The first-order chi connectivity index (χ1) is 18.9. The molecule has 3 aromatic rings. The van der Waals surface area contributed by atoms with E-state index in [1.807, 2.05) is 13.8 Å². The van der Waals surface area contributed by atoms with Crippen molar-refractivity contribution in [2.75, 3.05) is 0 Å². The second-order valence-corrected chi connectivity index (χ2v) is 13.3. The van der Waals surface area contributed by atoms with Gasteiger partial charge < -0.3 is 0 Å². The zero-order valence-electron chi connectivity index (χ0n) is 22.0. The van der Waals surface area contributed by atoms with E-state index in [0.717, 1.165) is 31.3 Å². The molecule has 0 heterocycles. The molecule has 0 fully saturated rings. The quantitative estimate of drug-likeness (QED) is 0.284. The van der Waals surface area contributed by atoms with Gasteiger partial charge in [-0.25, -0.2) is 0 Å². The van der Waals surface area contributed by atoms with Crippen LogP contribution in [0, 0.1) is 5.92 Å². The zero-order chi connectivity index (χ0) is 27.4. The molecule has 0 bridgehead atoms. The number of hydrogen-bond donors (Lipinski definition) is 0. The Kier molecular flexibility index (Phi) is 7.96. The Balaban J connectivity index is 1.65. The molecule has 0 spiro atoms. The summed E-state index contributed by atoms with van der Waals surface area (Å²) in [6.45, 7) is 3.98. The normalized spacial score (nSPS) is 16.9. The van der Waals surface area contributed by atoms with E-state index >= 15 is 0 Å². The number of carbonyl (C=O) groups is 3. The van der Waals surface area contributed by atoms with E-state index < -0.39 is 35.7 Å². The van der Waals surface area contributed by atoms with Crippen molar-refractivity contribution in [1.29, 1.82) is 0 Å². The second kappa shape index (κ2) is 11.6. The van der Waals surface area contributed by atoms with Crippen molar-refractivity contribution in [1.82, 2.24) is 0 Å². The molecule has 0 N–H and O–H groups in total. The third-order valence-electron chi connectivity index (χ3n) is 7.36. The van der Waals surface area contributed by atoms with Crippen LogP contribution < -0.4 is 0 Å². The third-order valence-corrected chi connectivity index (χ3v) is 11.8. The van der Waals surface area contributed by atoms with Crippen molar-refractivity contribution in [3.05, 3.63) is 128 Å². The Morgan fingerprint density at radius 2 is 1.03 bits per heavy atom. The zero-order valence-corrected chi connectivity index (χ0v) is 23.6. The van der Waals surface area contributed by atoms with Crippen molar-refractivity contribution in [3.8, 4) is 0 Å². The van der Waals surface area contributed by atoms with Gasteiger partial charge in [-0.3, -0.25) is 0 Å². The number of benzene rings is 3. The van der Waals surface area contributed by atoms with E-state index in [4.69, 9.17) is 9.96 Å². The minimum absolute atomic E-state index is 0.184. The van der Waals surface area contributed by atoms with Gasteiger partial charge >= 0.3 is 234 Å². The molecule has 0 saturated heterocycles. The van der Waals surface area contributed by atoms with Crippen molar-refractivity contribution in [2.45, 2.75) is 39.5 Å². The fraction of sp³-hybridized carbons (Fsp3) is 0.219. The molecule has 39 heavy (non-hydrogen) atoms. The molecular formula is C32H30O6Ti. The van der Waals surface area contributed by atoms with Crippen LogP contribution in [0.4, 0.5) is 0 Å². The summed E-state index contributed by atoms with van der Waals surface area (Å²) < 4.78 is 19.3. The van der Waals surface area contributed by atoms with Gasteiger partial charge in [0.25, 0.3) is 0 Å². The number of hydrogen-bond acceptors (Lipinski definition) is 6. The minimum atomic E-state index is -5.26. The molecule has 6 nitrogen and oxygen atoms in total. The molecule has 0 aromatic heterocycles. The molecule has 2 aliphatic rings. The van der Waals surface area contributed by atoms with Crippen LogP contribution in [0.25, 0.3) is 0 Å². The standard InChI is InChI=1S/C11H15.3C7H6O2.Ti/c1-8-7-9(2)11-6-4-3-5-10(8)11;3*8-7(9)6-4-2-1-3-5-6;/h8H,3-6H2,1-2H3;3*1-5H,(H,8,9);/q;;;;+3/p-3. The van der Waals surface area contributed by atoms with Crippen LogP contribution in [0.15, 0.2) is 112 Å². The molecule has 3 aromatic carbocycles. The molecule has 5 rings (SSSR count). The Bertz CT molecular complexity index is 1310. The van der Waals surface area contributed by atoms with Gasteiger partial charge in [-0.1, -0.05) is 0 Å². The van der Waals surface area contributed by atoms with Crippen LogP contribution in [0.2, 0.25) is 0 Å². The summed E-state index contributed by atoms with van der Waals surface area (Å²) >= 11 is -5.26. The predicted molar refractivity (Wildman–Crippen MR) is 143 cm³/mol. The molecule has 0 aliphatic heterocycles. The van der Waals surface area contributed by atoms with Gasteiger partial charge in [-0.15, -0.1) is 0 Å². The topological polar surface area (TPSA) is 78.9 Å². The first-order valence-electron chi connectivity index (χ1n) is 13.2. The summed E-state index contributed by atoms with van der Waals surface area (Å²) in [6.07, 6.45) is 3.90. The van der Waals surface area contributed by atoms with Crippen molar-refractivity contribution < 1.29 is 42.1 Å². The molecule has 1 atom stereocenters. The molecule has 1 unspecified atom stereocenters. The fourth-order valence-corrected chi connectivity index (χ4v) is 9.94. The summed E-state index contributed by atoms with van der Waals surface area (Å²) in [4.78, 5) is 40.8. The number of allylic oxidation sites excluding steroid dienone is 4. The SMILES string of the molecule is CC1=[C]([Ti]([O]C(=O)c2ccccc2)([O]C(=O)c2ccccc2)[O]C(=O)c2ccccc2)C(C)C2=C1CCCC2. The summed E-state index contributed by atoms with van der Waals surface area (Å²) in [5.74, 6) is -2.28. The molecular weight excluding hydrogens is 528 g/mol. The van der Waals surface area contributed by atoms with Gasteiger partial charge in [0.05, 0.1) is 0 Å². The van der Waals surface area contributed by atoms with Crippen molar-refractivity contribution in [2.24, 2.45) is 5.92 Å². The Hall–Kier alpha value is -3.74. The van der Waals surface area contributed by atoms with Crippen LogP contribution in [-0.2, 0) is 27.7 Å². The summed E-state index contributed by atoms with van der Waals surface area (Å²) in [7, 11) is 0. The van der Waals surface area contributed by atoms with E-state index in [1.165, 1.54) is 11.1 Å². The molecule has 198 valence electrons. The van der Waals surface area contributed by atoms with Crippen molar-refractivity contribution >= 4 is 17.9 Å². The van der Waals surface area contributed by atoms with Crippen LogP contribution in [0.3, 0.4) is 0 Å². The molecule has 0 radical (unpaired) electrons. The Morgan fingerprint density at radius 1 is 0.641 bits per heavy atom. The van der Waals surface area contributed by atoms with E-state index in [9.17, 15) is 14.4 Å². The van der Waals surface area contributed by atoms with Crippen LogP contribution in [-0.4, -0.2) is 17.9 Å². The average Bonchev–Trinajstić information content (AvgIpc) is 3.24. The molecule has 0 amide bonds. The van der Waals surface area contributed by atoms with Gasteiger partial charge in [0, 0.05) is 0 Å². The van der Waals surface area contributed by atoms with E-state index in [-0.39, 0.29) is 22.6 Å². The number of rotatable bonds is 7. The molecule has 2 aliphatic carbocycles. The Labute approximate surface area is 233 Å². The van der Waals surface area contributed by atoms with Gasteiger partial charge in [0.15, 0.2) is 0 Å². The van der Waals surface area contributed by atoms with Crippen LogP contribution in [0.5, 0.6) is 0 Å². The van der Waals surface area contributed by atoms with E-state index in [0.29, 0.717) is 3.88 Å². The van der Waals surface area contributed by atoms with Gasteiger partial charge in [-0.05, 0) is 0 Å². The summed E-state index contributed by atoms with van der Waals surface area (Å²) in [6, 6.07) is 25.4. The maximum atomic E-state index is 13.6. The van der Waals surface area contributed by atoms with Gasteiger partial charge in [0.1, 0.15) is 0 Å². The fourth-order valence-electron chi connectivity index (χ4n) is 5.48. The molecule has 0 saturated carbocycles. The third kappa shape index (κ3) is 5.54. The first kappa shape index (κ1) is 26.9. The van der Waals surface area contributed by atoms with E-state index in [2.05, 4.69) is 0 Å². The average molecular weight is 558 g/mol. The second-order valence-electron chi connectivity index (χ2n) is 9.79. The maximum absolute atomic E-state index is 13.6. The molecule has 7 heteroatoms. The Morgan fingerprint density at radius 3 is 1.41 bits per heavy atom. The van der Waals surface area contributed by atoms with Gasteiger partial charge in [0.2, 0.25) is 0 Å².